The van der Waals surface area contributed by atoms with Crippen LogP contribution < -0.4 is 9.46 Å². The van der Waals surface area contributed by atoms with Crippen molar-refractivity contribution in [2.45, 2.75) is 27.2 Å². The van der Waals surface area contributed by atoms with E-state index < -0.39 is 10.2 Å². The van der Waals surface area contributed by atoms with Crippen LogP contribution in [0.15, 0.2) is 18.2 Å². The minimum Gasteiger partial charge on any atom is -0.496 e. The van der Waals surface area contributed by atoms with E-state index in [1.54, 1.807) is 7.11 Å². The zero-order valence-corrected chi connectivity index (χ0v) is 13.5. The van der Waals surface area contributed by atoms with E-state index in [2.05, 4.69) is 4.72 Å². The van der Waals surface area contributed by atoms with Crippen LogP contribution in [-0.2, 0) is 16.6 Å². The van der Waals surface area contributed by atoms with Crippen molar-refractivity contribution in [2.24, 2.45) is 0 Å². The van der Waals surface area contributed by atoms with Gasteiger partial charge in [0.1, 0.15) is 5.75 Å². The average Bonchev–Trinajstić information content (AvgIpc) is 2.40. The van der Waals surface area contributed by atoms with Crippen LogP contribution in [0.1, 0.15) is 25.0 Å². The second-order valence-corrected chi connectivity index (χ2v) is 6.30. The Morgan fingerprint density at radius 3 is 2.45 bits per heavy atom. The maximum absolute atomic E-state index is 12.0. The van der Waals surface area contributed by atoms with E-state index in [1.165, 1.54) is 4.31 Å². The molecule has 1 rings (SSSR count). The quantitative estimate of drug-likeness (QED) is 0.795. The van der Waals surface area contributed by atoms with Gasteiger partial charge in [-0.1, -0.05) is 31.5 Å². The summed E-state index contributed by atoms with van der Waals surface area (Å²) in [4.78, 5) is 0. The van der Waals surface area contributed by atoms with E-state index in [4.69, 9.17) is 4.74 Å². The molecular formula is C14H24N2O3S. The SMILES string of the molecule is CCN(CC)S(=O)(=O)NCCc1cc(C)ccc1OC. The molecule has 0 saturated carbocycles. The number of benzene rings is 1. The van der Waals surface area contributed by atoms with Gasteiger partial charge in [0.2, 0.25) is 0 Å². The molecule has 1 N–H and O–H groups in total. The number of hydrogen-bond acceptors (Lipinski definition) is 3. The van der Waals surface area contributed by atoms with Crippen LogP contribution in [0.2, 0.25) is 0 Å². The summed E-state index contributed by atoms with van der Waals surface area (Å²) in [5.41, 5.74) is 2.14. The standard InChI is InChI=1S/C14H24N2O3S/c1-5-16(6-2)20(17,18)15-10-9-13-11-12(3)7-8-14(13)19-4/h7-8,11,15H,5-6,9-10H2,1-4H3. The Labute approximate surface area is 122 Å². The summed E-state index contributed by atoms with van der Waals surface area (Å²) < 4.78 is 33.3. The Bertz CT molecular complexity index is 525. The summed E-state index contributed by atoms with van der Waals surface area (Å²) in [6.45, 7) is 6.96. The summed E-state index contributed by atoms with van der Waals surface area (Å²) in [6, 6.07) is 5.90. The highest BCUT2D eigenvalue weighted by Gasteiger charge is 2.17. The fraction of sp³-hybridized carbons (Fsp3) is 0.571. The second kappa shape index (κ2) is 7.61. The van der Waals surface area contributed by atoms with Crippen molar-refractivity contribution in [2.75, 3.05) is 26.7 Å². The van der Waals surface area contributed by atoms with Gasteiger partial charge in [0.15, 0.2) is 0 Å². The lowest BCUT2D eigenvalue weighted by atomic mass is 10.1. The normalized spacial score (nSPS) is 11.8. The van der Waals surface area contributed by atoms with Gasteiger partial charge in [0.05, 0.1) is 7.11 Å². The Kier molecular flexibility index (Phi) is 6.45. The molecule has 114 valence electrons. The molecule has 0 aliphatic carbocycles. The van der Waals surface area contributed by atoms with Crippen LogP contribution in [-0.4, -0.2) is 39.5 Å². The molecule has 20 heavy (non-hydrogen) atoms. The Morgan fingerprint density at radius 1 is 1.25 bits per heavy atom. The molecule has 6 heteroatoms. The fourth-order valence-electron chi connectivity index (χ4n) is 2.07. The smallest absolute Gasteiger partial charge is 0.279 e. The molecule has 0 aromatic heterocycles. The van der Waals surface area contributed by atoms with Gasteiger partial charge in [-0.2, -0.15) is 12.7 Å². The Hall–Kier alpha value is -1.11. The van der Waals surface area contributed by atoms with E-state index in [-0.39, 0.29) is 0 Å². The van der Waals surface area contributed by atoms with E-state index >= 15 is 0 Å². The van der Waals surface area contributed by atoms with Gasteiger partial charge in [-0.3, -0.25) is 0 Å². The van der Waals surface area contributed by atoms with Crippen molar-refractivity contribution in [3.63, 3.8) is 0 Å². The summed E-state index contributed by atoms with van der Waals surface area (Å²) in [5.74, 6) is 0.789. The lowest BCUT2D eigenvalue weighted by Gasteiger charge is -2.19. The predicted octanol–water partition coefficient (Wildman–Crippen LogP) is 1.72. The molecule has 0 amide bonds. The first-order valence-electron chi connectivity index (χ1n) is 6.82. The van der Waals surface area contributed by atoms with Crippen molar-refractivity contribution in [3.8, 4) is 5.75 Å². The van der Waals surface area contributed by atoms with Crippen LogP contribution >= 0.6 is 0 Å². The Morgan fingerprint density at radius 2 is 1.90 bits per heavy atom. The number of nitrogens with one attached hydrogen (secondary N) is 1. The van der Waals surface area contributed by atoms with E-state index in [9.17, 15) is 8.42 Å². The van der Waals surface area contributed by atoms with E-state index in [0.29, 0.717) is 26.1 Å². The first kappa shape index (κ1) is 16.9. The highest BCUT2D eigenvalue weighted by atomic mass is 32.2. The van der Waals surface area contributed by atoms with Crippen molar-refractivity contribution < 1.29 is 13.2 Å². The third-order valence-corrected chi connectivity index (χ3v) is 4.93. The highest BCUT2D eigenvalue weighted by Crippen LogP contribution is 2.19. The molecule has 0 spiro atoms. The number of nitrogens with zero attached hydrogens (tertiary/aromatic N) is 1. The molecular weight excluding hydrogens is 276 g/mol. The second-order valence-electron chi connectivity index (χ2n) is 4.55. The van der Waals surface area contributed by atoms with Crippen LogP contribution in [0, 0.1) is 6.92 Å². The van der Waals surface area contributed by atoms with Gasteiger partial charge in [-0.15, -0.1) is 0 Å². The summed E-state index contributed by atoms with van der Waals surface area (Å²) >= 11 is 0. The minimum atomic E-state index is -3.38. The lowest BCUT2D eigenvalue weighted by Crippen LogP contribution is -2.41. The first-order chi connectivity index (χ1) is 9.44. The Balaban J connectivity index is 2.67. The minimum absolute atomic E-state index is 0.360. The van der Waals surface area contributed by atoms with Gasteiger partial charge in [0, 0.05) is 19.6 Å². The van der Waals surface area contributed by atoms with Crippen LogP contribution in [0.3, 0.4) is 0 Å². The highest BCUT2D eigenvalue weighted by molar-refractivity contribution is 7.87. The number of rotatable bonds is 8. The third kappa shape index (κ3) is 4.47. The molecule has 0 bridgehead atoms. The summed E-state index contributed by atoms with van der Waals surface area (Å²) in [7, 11) is -1.76. The molecule has 0 heterocycles. The zero-order chi connectivity index (χ0) is 15.2. The predicted molar refractivity (Wildman–Crippen MR) is 81.3 cm³/mol. The first-order valence-corrected chi connectivity index (χ1v) is 8.26. The van der Waals surface area contributed by atoms with Crippen molar-refractivity contribution >= 4 is 10.2 Å². The zero-order valence-electron chi connectivity index (χ0n) is 12.6. The molecule has 5 nitrogen and oxygen atoms in total. The largest absolute Gasteiger partial charge is 0.496 e. The van der Waals surface area contributed by atoms with Gasteiger partial charge < -0.3 is 4.74 Å². The van der Waals surface area contributed by atoms with E-state index in [1.807, 2.05) is 39.0 Å². The molecule has 0 aliphatic heterocycles. The lowest BCUT2D eigenvalue weighted by molar-refractivity contribution is 0.408. The summed E-state index contributed by atoms with van der Waals surface area (Å²) in [6.07, 6.45) is 0.603. The molecule has 1 aromatic carbocycles. The molecule has 0 atom stereocenters. The maximum Gasteiger partial charge on any atom is 0.279 e. The van der Waals surface area contributed by atoms with Crippen molar-refractivity contribution in [3.05, 3.63) is 29.3 Å². The topological polar surface area (TPSA) is 58.6 Å². The van der Waals surface area contributed by atoms with Crippen LogP contribution in [0.25, 0.3) is 0 Å². The van der Waals surface area contributed by atoms with Crippen molar-refractivity contribution in [1.82, 2.24) is 9.03 Å². The number of hydrogen-bond donors (Lipinski definition) is 1. The van der Waals surface area contributed by atoms with Gasteiger partial charge in [0.25, 0.3) is 10.2 Å². The molecule has 0 aliphatic rings. The number of aryl methyl sites for hydroxylation is 1. The molecule has 1 aromatic rings. The average molecular weight is 300 g/mol. The monoisotopic (exact) mass is 300 g/mol. The fourth-order valence-corrected chi connectivity index (χ4v) is 3.29. The molecule has 0 saturated heterocycles. The number of methoxy groups -OCH3 is 1. The number of ether oxygens (including phenoxy) is 1. The van der Waals surface area contributed by atoms with Gasteiger partial charge in [-0.05, 0) is 25.0 Å². The van der Waals surface area contributed by atoms with E-state index in [0.717, 1.165) is 16.9 Å². The molecule has 0 unspecified atom stereocenters. The molecule has 0 fully saturated rings. The summed E-state index contributed by atoms with van der Waals surface area (Å²) in [5, 5.41) is 0. The molecule has 0 radical (unpaired) electrons. The van der Waals surface area contributed by atoms with Crippen molar-refractivity contribution in [1.29, 1.82) is 0 Å². The van der Waals surface area contributed by atoms with Gasteiger partial charge in [-0.25, -0.2) is 4.72 Å². The maximum atomic E-state index is 12.0. The van der Waals surface area contributed by atoms with Gasteiger partial charge >= 0.3 is 0 Å². The van der Waals surface area contributed by atoms with Crippen LogP contribution in [0.4, 0.5) is 0 Å². The van der Waals surface area contributed by atoms with Crippen LogP contribution in [0.5, 0.6) is 5.75 Å². The third-order valence-electron chi connectivity index (χ3n) is 3.16.